The van der Waals surface area contributed by atoms with Gasteiger partial charge in [-0.05, 0) is 42.3 Å². The van der Waals surface area contributed by atoms with Gasteiger partial charge in [0.1, 0.15) is 6.17 Å². The van der Waals surface area contributed by atoms with Crippen molar-refractivity contribution in [3.63, 3.8) is 0 Å². The van der Waals surface area contributed by atoms with Crippen LogP contribution in [0.3, 0.4) is 0 Å². The summed E-state index contributed by atoms with van der Waals surface area (Å²) in [5.74, 6) is 0.684. The summed E-state index contributed by atoms with van der Waals surface area (Å²) in [6, 6.07) is 9.36. The van der Waals surface area contributed by atoms with E-state index in [1.165, 1.54) is 20.1 Å². The van der Waals surface area contributed by atoms with Crippen molar-refractivity contribution >= 4 is 32.5 Å². The maximum Gasteiger partial charge on any atom is 0.416 e. The first-order valence-corrected chi connectivity index (χ1v) is 8.70. The standard InChI is InChI=1S/C18H16BrF3N4O/c1-9-11(4-3-5-14(9)18(20,21)22)15(23)24-16-13-8-10(19)6-7-12(13)17(27-2)26-25-16/h3-8,15H,23H2,1-2H3,(H,24,25)/t15-/m0/s1. The molecular weight excluding hydrogens is 425 g/mol. The third-order valence-electron chi connectivity index (χ3n) is 4.21. The highest BCUT2D eigenvalue weighted by atomic mass is 79.9. The summed E-state index contributed by atoms with van der Waals surface area (Å²) in [5.41, 5.74) is 5.82. The molecule has 0 aliphatic heterocycles. The average Bonchev–Trinajstić information content (AvgIpc) is 2.61. The molecule has 0 saturated carbocycles. The fourth-order valence-electron chi connectivity index (χ4n) is 2.88. The number of methoxy groups -OCH3 is 1. The van der Waals surface area contributed by atoms with E-state index in [9.17, 15) is 13.2 Å². The van der Waals surface area contributed by atoms with Crippen LogP contribution in [-0.2, 0) is 6.18 Å². The molecule has 27 heavy (non-hydrogen) atoms. The lowest BCUT2D eigenvalue weighted by molar-refractivity contribution is -0.138. The Bertz CT molecular complexity index is 994. The van der Waals surface area contributed by atoms with Crippen LogP contribution in [0, 0.1) is 6.92 Å². The van der Waals surface area contributed by atoms with Crippen molar-refractivity contribution in [3.8, 4) is 5.88 Å². The first-order valence-electron chi connectivity index (χ1n) is 7.91. The van der Waals surface area contributed by atoms with Crippen molar-refractivity contribution in [1.29, 1.82) is 0 Å². The SMILES string of the molecule is COc1nnc(N[C@H](N)c2cccc(C(F)(F)F)c2C)c2cc(Br)ccc12. The Labute approximate surface area is 161 Å². The predicted molar refractivity (Wildman–Crippen MR) is 101 cm³/mol. The molecular formula is C18H16BrF3N4O. The number of fused-ring (bicyclic) bond motifs is 1. The van der Waals surface area contributed by atoms with Gasteiger partial charge in [-0.25, -0.2) is 0 Å². The Hall–Kier alpha value is -2.39. The smallest absolute Gasteiger partial charge is 0.416 e. The number of hydrogen-bond acceptors (Lipinski definition) is 5. The van der Waals surface area contributed by atoms with E-state index >= 15 is 0 Å². The number of rotatable bonds is 4. The quantitative estimate of drug-likeness (QED) is 0.570. The summed E-state index contributed by atoms with van der Waals surface area (Å²) in [7, 11) is 1.48. The summed E-state index contributed by atoms with van der Waals surface area (Å²) < 4.78 is 45.5. The molecule has 0 aliphatic carbocycles. The molecule has 3 rings (SSSR count). The minimum absolute atomic E-state index is 0.0666. The molecule has 0 radical (unpaired) electrons. The van der Waals surface area contributed by atoms with Gasteiger partial charge < -0.3 is 15.8 Å². The van der Waals surface area contributed by atoms with Gasteiger partial charge in [-0.3, -0.25) is 0 Å². The van der Waals surface area contributed by atoms with E-state index in [1.54, 1.807) is 18.2 Å². The molecule has 1 heterocycles. The minimum atomic E-state index is -4.45. The van der Waals surface area contributed by atoms with Crippen molar-refractivity contribution in [3.05, 3.63) is 57.6 Å². The molecule has 1 aromatic heterocycles. The number of ether oxygens (including phenoxy) is 1. The number of benzene rings is 2. The molecule has 0 saturated heterocycles. The maximum absolute atomic E-state index is 13.2. The Morgan fingerprint density at radius 3 is 2.56 bits per heavy atom. The number of hydrogen-bond donors (Lipinski definition) is 2. The van der Waals surface area contributed by atoms with Crippen molar-refractivity contribution in [2.24, 2.45) is 5.73 Å². The molecule has 2 aromatic carbocycles. The molecule has 0 unspecified atom stereocenters. The van der Waals surface area contributed by atoms with Crippen LogP contribution in [0.2, 0.25) is 0 Å². The van der Waals surface area contributed by atoms with Gasteiger partial charge in [0.15, 0.2) is 5.82 Å². The highest BCUT2D eigenvalue weighted by Crippen LogP contribution is 2.35. The molecule has 142 valence electrons. The predicted octanol–water partition coefficient (Wildman–Crippen LogP) is 4.80. The fraction of sp³-hybridized carbons (Fsp3) is 0.222. The van der Waals surface area contributed by atoms with Gasteiger partial charge >= 0.3 is 6.18 Å². The molecule has 0 spiro atoms. The molecule has 0 fully saturated rings. The van der Waals surface area contributed by atoms with E-state index in [4.69, 9.17) is 10.5 Å². The zero-order valence-corrected chi connectivity index (χ0v) is 16.0. The summed E-state index contributed by atoms with van der Waals surface area (Å²) in [4.78, 5) is 0. The van der Waals surface area contributed by atoms with Crippen LogP contribution in [0.15, 0.2) is 40.9 Å². The number of nitrogens with zero attached hydrogens (tertiary/aromatic N) is 2. The summed E-state index contributed by atoms with van der Waals surface area (Å²) in [5, 5.41) is 12.4. The lowest BCUT2D eigenvalue weighted by atomic mass is 10.00. The molecule has 1 atom stereocenters. The van der Waals surface area contributed by atoms with E-state index in [0.29, 0.717) is 28.0 Å². The van der Waals surface area contributed by atoms with Gasteiger partial charge in [-0.1, -0.05) is 28.1 Å². The molecule has 0 aliphatic rings. The van der Waals surface area contributed by atoms with Crippen LogP contribution in [0.25, 0.3) is 10.8 Å². The van der Waals surface area contributed by atoms with Crippen LogP contribution in [0.1, 0.15) is 22.9 Å². The van der Waals surface area contributed by atoms with Crippen LogP contribution in [0.4, 0.5) is 19.0 Å². The Morgan fingerprint density at radius 2 is 1.89 bits per heavy atom. The Balaban J connectivity index is 2.03. The van der Waals surface area contributed by atoms with Crippen LogP contribution >= 0.6 is 15.9 Å². The second kappa shape index (κ2) is 7.32. The van der Waals surface area contributed by atoms with Gasteiger partial charge in [-0.2, -0.15) is 13.2 Å². The normalized spacial score (nSPS) is 12.9. The molecule has 9 heteroatoms. The minimum Gasteiger partial charge on any atom is -0.479 e. The molecule has 3 aromatic rings. The number of aromatic nitrogens is 2. The molecule has 5 nitrogen and oxygen atoms in total. The van der Waals surface area contributed by atoms with Gasteiger partial charge in [0.05, 0.1) is 12.7 Å². The Morgan fingerprint density at radius 1 is 1.15 bits per heavy atom. The van der Waals surface area contributed by atoms with Crippen molar-refractivity contribution in [2.75, 3.05) is 12.4 Å². The van der Waals surface area contributed by atoms with E-state index in [-0.39, 0.29) is 5.56 Å². The van der Waals surface area contributed by atoms with Crippen LogP contribution in [-0.4, -0.2) is 17.3 Å². The van der Waals surface area contributed by atoms with Gasteiger partial charge in [0.2, 0.25) is 5.88 Å². The van der Waals surface area contributed by atoms with Crippen LogP contribution < -0.4 is 15.8 Å². The summed E-state index contributed by atoms with van der Waals surface area (Å²) in [6.07, 6.45) is -5.35. The van der Waals surface area contributed by atoms with Gasteiger partial charge in [0, 0.05) is 15.2 Å². The number of halogens is 4. The van der Waals surface area contributed by atoms with E-state index in [1.807, 2.05) is 6.07 Å². The lowest BCUT2D eigenvalue weighted by Crippen LogP contribution is -2.23. The Kier molecular flexibility index (Phi) is 5.25. The summed E-state index contributed by atoms with van der Waals surface area (Å²) in [6.45, 7) is 1.40. The fourth-order valence-corrected chi connectivity index (χ4v) is 3.24. The van der Waals surface area contributed by atoms with E-state index in [0.717, 1.165) is 10.5 Å². The largest absolute Gasteiger partial charge is 0.479 e. The zero-order chi connectivity index (χ0) is 19.8. The molecule has 0 amide bonds. The van der Waals surface area contributed by atoms with E-state index in [2.05, 4.69) is 31.4 Å². The monoisotopic (exact) mass is 440 g/mol. The van der Waals surface area contributed by atoms with Crippen molar-refractivity contribution in [1.82, 2.24) is 10.2 Å². The highest BCUT2D eigenvalue weighted by Gasteiger charge is 2.33. The van der Waals surface area contributed by atoms with Crippen molar-refractivity contribution < 1.29 is 17.9 Å². The first-order chi connectivity index (χ1) is 12.7. The molecule has 0 bridgehead atoms. The zero-order valence-electron chi connectivity index (χ0n) is 14.4. The molecule has 3 N–H and O–H groups in total. The number of alkyl halides is 3. The highest BCUT2D eigenvalue weighted by molar-refractivity contribution is 9.10. The number of anilines is 1. The lowest BCUT2D eigenvalue weighted by Gasteiger charge is -2.20. The second-order valence-corrected chi connectivity index (χ2v) is 6.80. The van der Waals surface area contributed by atoms with Crippen LogP contribution in [0.5, 0.6) is 5.88 Å². The number of nitrogens with one attached hydrogen (secondary N) is 1. The maximum atomic E-state index is 13.2. The third kappa shape index (κ3) is 3.84. The third-order valence-corrected chi connectivity index (χ3v) is 4.70. The second-order valence-electron chi connectivity index (χ2n) is 5.89. The van der Waals surface area contributed by atoms with Crippen molar-refractivity contribution in [2.45, 2.75) is 19.3 Å². The number of nitrogens with two attached hydrogens (primary N) is 1. The van der Waals surface area contributed by atoms with E-state index < -0.39 is 17.9 Å². The van der Waals surface area contributed by atoms with Gasteiger partial charge in [-0.15, -0.1) is 10.2 Å². The average molecular weight is 441 g/mol. The van der Waals surface area contributed by atoms with Gasteiger partial charge in [0.25, 0.3) is 0 Å². The summed E-state index contributed by atoms with van der Waals surface area (Å²) >= 11 is 3.39. The first kappa shape index (κ1) is 19.4. The topological polar surface area (TPSA) is 73.1 Å².